The molecule has 1 aromatic heterocycles. The van der Waals surface area contributed by atoms with Crippen LogP contribution >= 0.6 is 0 Å². The summed E-state index contributed by atoms with van der Waals surface area (Å²) < 4.78 is 46.2. The van der Waals surface area contributed by atoms with Crippen LogP contribution in [0.15, 0.2) is 30.3 Å². The number of benzene rings is 1. The summed E-state index contributed by atoms with van der Waals surface area (Å²) >= 11 is 0. The predicted octanol–water partition coefficient (Wildman–Crippen LogP) is 5.25. The van der Waals surface area contributed by atoms with Crippen molar-refractivity contribution in [3.63, 3.8) is 0 Å². The molecule has 4 rings (SSSR count). The second-order valence-electron chi connectivity index (χ2n) is 13.2. The molecule has 1 aromatic carbocycles. The van der Waals surface area contributed by atoms with Gasteiger partial charge in [0.1, 0.15) is 17.5 Å². The lowest BCUT2D eigenvalue weighted by molar-refractivity contribution is -0.137. The maximum atomic E-state index is 14.0. The normalized spacial score (nSPS) is 19.4. The second-order valence-corrected chi connectivity index (χ2v) is 13.2. The number of aryl methyl sites for hydroxylation is 2. The van der Waals surface area contributed by atoms with Crippen molar-refractivity contribution in [2.75, 3.05) is 61.5 Å². The molecule has 2 unspecified atom stereocenters. The van der Waals surface area contributed by atoms with Crippen LogP contribution in [0.25, 0.3) is 0 Å². The van der Waals surface area contributed by atoms with Crippen molar-refractivity contribution >= 4 is 35.1 Å². The highest BCUT2D eigenvalue weighted by atomic mass is 19.4. The van der Waals surface area contributed by atoms with E-state index in [-0.39, 0.29) is 36.5 Å². The fraction of sp³-hybridized carbons (Fsp3) is 0.576. The van der Waals surface area contributed by atoms with E-state index < -0.39 is 35.2 Å². The number of aromatic nitrogens is 1. The van der Waals surface area contributed by atoms with Crippen molar-refractivity contribution in [1.29, 1.82) is 0 Å². The van der Waals surface area contributed by atoms with Gasteiger partial charge in [0.15, 0.2) is 0 Å². The SMILES string of the molecule is Cc1cc(C(F)(F)F)cc(N2C(=O)CCC2C(=O)N(C)c2cccc(C)c2N(C)CCN2CCN(C(=O)OC(C)(C)C)CC2C)n1. The van der Waals surface area contributed by atoms with Gasteiger partial charge in [-0.2, -0.15) is 13.2 Å². The number of rotatable bonds is 7. The molecule has 2 saturated heterocycles. The van der Waals surface area contributed by atoms with Crippen molar-refractivity contribution < 1.29 is 32.3 Å². The van der Waals surface area contributed by atoms with Gasteiger partial charge in [0.2, 0.25) is 11.8 Å². The minimum absolute atomic E-state index is 0.0289. The Bertz CT molecular complexity index is 1460. The third-order valence-electron chi connectivity index (χ3n) is 8.44. The topological polar surface area (TPSA) is 89.5 Å². The Labute approximate surface area is 269 Å². The first-order valence-electron chi connectivity index (χ1n) is 15.6. The lowest BCUT2D eigenvalue weighted by atomic mass is 10.1. The number of likely N-dealkylation sites (N-methyl/N-ethyl adjacent to an activating group) is 2. The summed E-state index contributed by atoms with van der Waals surface area (Å²) in [6.45, 7) is 14.2. The lowest BCUT2D eigenvalue weighted by Crippen LogP contribution is -2.55. The Morgan fingerprint density at radius 2 is 1.78 bits per heavy atom. The van der Waals surface area contributed by atoms with Crippen LogP contribution < -0.4 is 14.7 Å². The third-order valence-corrected chi connectivity index (χ3v) is 8.44. The molecule has 2 atom stereocenters. The van der Waals surface area contributed by atoms with Crippen LogP contribution in [-0.4, -0.2) is 97.2 Å². The van der Waals surface area contributed by atoms with Gasteiger partial charge in [-0.3, -0.25) is 19.4 Å². The van der Waals surface area contributed by atoms with E-state index >= 15 is 0 Å². The third kappa shape index (κ3) is 7.91. The summed E-state index contributed by atoms with van der Waals surface area (Å²) in [6.07, 6.45) is -4.73. The minimum atomic E-state index is -4.62. The number of alkyl halides is 3. The first-order valence-corrected chi connectivity index (χ1v) is 15.6. The second kappa shape index (κ2) is 13.5. The molecular formula is C33H45F3N6O4. The Morgan fingerprint density at radius 1 is 1.09 bits per heavy atom. The highest BCUT2D eigenvalue weighted by molar-refractivity contribution is 6.09. The number of carbonyl (C=O) groups is 3. The van der Waals surface area contributed by atoms with Crippen LogP contribution in [-0.2, 0) is 20.5 Å². The van der Waals surface area contributed by atoms with E-state index in [1.165, 1.54) is 11.8 Å². The van der Waals surface area contributed by atoms with E-state index in [1.54, 1.807) is 11.9 Å². The molecular weight excluding hydrogens is 601 g/mol. The van der Waals surface area contributed by atoms with Crippen molar-refractivity contribution in [1.82, 2.24) is 14.8 Å². The largest absolute Gasteiger partial charge is 0.444 e. The number of halogens is 3. The Balaban J connectivity index is 1.49. The standard InChI is InChI=1S/C33H45F3N6O4/c1-21-10-9-11-25(29(21)38(7)14-15-40-16-17-41(20-23(40)3)31(45)46-32(4,5)6)39(8)30(44)26-12-13-28(43)42(26)27-19-24(33(34,35)36)18-22(2)37-27/h9-11,18-19,23,26H,12-17,20H2,1-8H3. The van der Waals surface area contributed by atoms with E-state index in [0.29, 0.717) is 31.9 Å². The molecule has 46 heavy (non-hydrogen) atoms. The van der Waals surface area contributed by atoms with Crippen LogP contribution in [0.4, 0.5) is 35.2 Å². The number of piperazine rings is 1. The Morgan fingerprint density at radius 3 is 2.41 bits per heavy atom. The van der Waals surface area contributed by atoms with E-state index in [0.717, 1.165) is 34.8 Å². The summed E-state index contributed by atoms with van der Waals surface area (Å²) in [5.74, 6) is -1.03. The van der Waals surface area contributed by atoms with Gasteiger partial charge in [-0.15, -0.1) is 0 Å². The number of amides is 3. The van der Waals surface area contributed by atoms with E-state index in [2.05, 4.69) is 21.7 Å². The molecule has 3 amide bonds. The molecule has 2 aliphatic rings. The Hall–Kier alpha value is -3.87. The molecule has 2 aliphatic heterocycles. The number of para-hydroxylation sites is 1. The van der Waals surface area contributed by atoms with Gasteiger partial charge in [-0.25, -0.2) is 9.78 Å². The maximum Gasteiger partial charge on any atom is 0.416 e. The van der Waals surface area contributed by atoms with Crippen molar-refractivity contribution in [2.24, 2.45) is 0 Å². The zero-order chi connectivity index (χ0) is 34.1. The molecule has 252 valence electrons. The number of hydrogen-bond acceptors (Lipinski definition) is 7. The first-order chi connectivity index (χ1) is 21.4. The van der Waals surface area contributed by atoms with Gasteiger partial charge in [0.05, 0.1) is 16.9 Å². The van der Waals surface area contributed by atoms with Crippen LogP contribution in [0, 0.1) is 13.8 Å². The first kappa shape index (κ1) is 35.0. The maximum absolute atomic E-state index is 14.0. The minimum Gasteiger partial charge on any atom is -0.444 e. The van der Waals surface area contributed by atoms with E-state index in [1.807, 2.05) is 52.9 Å². The smallest absolute Gasteiger partial charge is 0.416 e. The summed E-state index contributed by atoms with van der Waals surface area (Å²) in [5.41, 5.74) is 1.03. The van der Waals surface area contributed by atoms with E-state index in [4.69, 9.17) is 4.74 Å². The molecule has 3 heterocycles. The number of anilines is 3. The van der Waals surface area contributed by atoms with Crippen LogP contribution in [0.3, 0.4) is 0 Å². The zero-order valence-corrected chi connectivity index (χ0v) is 27.9. The summed E-state index contributed by atoms with van der Waals surface area (Å²) in [4.78, 5) is 52.4. The predicted molar refractivity (Wildman–Crippen MR) is 171 cm³/mol. The molecule has 13 heteroatoms. The van der Waals surface area contributed by atoms with Gasteiger partial charge >= 0.3 is 12.3 Å². The van der Waals surface area contributed by atoms with Crippen molar-refractivity contribution in [3.05, 3.63) is 47.2 Å². The molecule has 0 radical (unpaired) electrons. The lowest BCUT2D eigenvalue weighted by Gasteiger charge is -2.41. The van der Waals surface area contributed by atoms with Gasteiger partial charge in [-0.1, -0.05) is 12.1 Å². The number of pyridine rings is 1. The van der Waals surface area contributed by atoms with Crippen LogP contribution in [0.1, 0.15) is 57.4 Å². The van der Waals surface area contributed by atoms with Crippen molar-refractivity contribution in [2.45, 2.75) is 78.2 Å². The number of carbonyl (C=O) groups excluding carboxylic acids is 3. The molecule has 0 spiro atoms. The average Bonchev–Trinajstić information content (AvgIpc) is 3.34. The summed E-state index contributed by atoms with van der Waals surface area (Å²) in [5, 5.41) is 0. The summed E-state index contributed by atoms with van der Waals surface area (Å²) in [6, 6.07) is 6.51. The van der Waals surface area contributed by atoms with Crippen LogP contribution in [0.5, 0.6) is 0 Å². The molecule has 0 bridgehead atoms. The van der Waals surface area contributed by atoms with Gasteiger partial charge < -0.3 is 19.4 Å². The summed E-state index contributed by atoms with van der Waals surface area (Å²) in [7, 11) is 3.57. The molecule has 2 aromatic rings. The fourth-order valence-electron chi connectivity index (χ4n) is 6.11. The monoisotopic (exact) mass is 646 g/mol. The van der Waals surface area contributed by atoms with E-state index in [9.17, 15) is 27.6 Å². The molecule has 0 N–H and O–H groups in total. The molecule has 0 saturated carbocycles. The number of ether oxygens (including phenoxy) is 1. The molecule has 2 fully saturated rings. The van der Waals surface area contributed by atoms with Gasteiger partial charge in [0.25, 0.3) is 0 Å². The highest BCUT2D eigenvalue weighted by Crippen LogP contribution is 2.36. The number of hydrogen-bond donors (Lipinski definition) is 0. The number of nitrogens with zero attached hydrogens (tertiary/aromatic N) is 6. The molecule has 10 nitrogen and oxygen atoms in total. The fourth-order valence-corrected chi connectivity index (χ4v) is 6.11. The zero-order valence-electron chi connectivity index (χ0n) is 27.9. The van der Waals surface area contributed by atoms with Crippen molar-refractivity contribution in [3.8, 4) is 0 Å². The van der Waals surface area contributed by atoms with Crippen LogP contribution in [0.2, 0.25) is 0 Å². The Kier molecular flexibility index (Phi) is 10.2. The highest BCUT2D eigenvalue weighted by Gasteiger charge is 2.41. The van der Waals surface area contributed by atoms with Gasteiger partial charge in [-0.05, 0) is 71.7 Å². The van der Waals surface area contributed by atoms with Gasteiger partial charge in [0, 0.05) is 65.0 Å². The average molecular weight is 647 g/mol. The quantitative estimate of drug-likeness (QED) is 0.406. The molecule has 0 aliphatic carbocycles.